The zero-order chi connectivity index (χ0) is 12.3. The van der Waals surface area contributed by atoms with Crippen LogP contribution in [0.2, 0.25) is 5.02 Å². The second kappa shape index (κ2) is 5.62. The minimum absolute atomic E-state index is 0.610. The summed E-state index contributed by atoms with van der Waals surface area (Å²) < 4.78 is 5.02. The van der Waals surface area contributed by atoms with Crippen molar-refractivity contribution in [1.29, 1.82) is 0 Å². The van der Waals surface area contributed by atoms with Gasteiger partial charge in [-0.3, -0.25) is 4.79 Å². The van der Waals surface area contributed by atoms with Crippen LogP contribution >= 0.6 is 34.9 Å². The third kappa shape index (κ3) is 3.06. The molecule has 0 aliphatic heterocycles. The lowest BCUT2D eigenvalue weighted by Crippen LogP contribution is -1.85. The number of benzene rings is 1. The number of carbonyl (C=O) groups excluding carboxylic acids is 1. The third-order valence-corrected chi connectivity index (χ3v) is 4.16. The molecular formula is C11H9ClN2OS2. The van der Waals surface area contributed by atoms with Gasteiger partial charge in [-0.15, -0.1) is 0 Å². The van der Waals surface area contributed by atoms with E-state index in [1.165, 1.54) is 23.3 Å². The third-order valence-electron chi connectivity index (χ3n) is 2.07. The molecule has 0 unspecified atom stereocenters. The van der Waals surface area contributed by atoms with Crippen molar-refractivity contribution in [2.75, 3.05) is 0 Å². The standard InChI is InChI=1S/C11H9ClN2OS2/c1-2-10-13-11(17-14-10)16-9-5-8(12)4-3-7(9)6-15/h3-6H,2H2,1H3. The van der Waals surface area contributed by atoms with Crippen molar-refractivity contribution in [3.63, 3.8) is 0 Å². The van der Waals surface area contributed by atoms with Crippen LogP contribution in [0.1, 0.15) is 23.1 Å². The zero-order valence-corrected chi connectivity index (χ0v) is 11.4. The molecule has 2 aromatic rings. The molecule has 0 fully saturated rings. The number of aryl methyl sites for hydroxylation is 1. The van der Waals surface area contributed by atoms with Crippen LogP contribution in [0.5, 0.6) is 0 Å². The highest BCUT2D eigenvalue weighted by Crippen LogP contribution is 2.32. The Balaban J connectivity index is 2.28. The van der Waals surface area contributed by atoms with Crippen molar-refractivity contribution in [2.45, 2.75) is 22.6 Å². The normalized spacial score (nSPS) is 10.5. The van der Waals surface area contributed by atoms with Crippen LogP contribution in [0.4, 0.5) is 0 Å². The predicted octanol–water partition coefficient (Wildman–Crippen LogP) is 3.72. The summed E-state index contributed by atoms with van der Waals surface area (Å²) in [4.78, 5) is 16.1. The average Bonchev–Trinajstić information content (AvgIpc) is 2.77. The lowest BCUT2D eigenvalue weighted by Gasteiger charge is -2.01. The summed E-state index contributed by atoms with van der Waals surface area (Å²) in [5.41, 5.74) is 0.618. The van der Waals surface area contributed by atoms with Gasteiger partial charge >= 0.3 is 0 Å². The Hall–Kier alpha value is -0.910. The number of rotatable bonds is 4. The molecule has 6 heteroatoms. The van der Waals surface area contributed by atoms with Gasteiger partial charge in [-0.1, -0.05) is 30.3 Å². The molecule has 3 nitrogen and oxygen atoms in total. The van der Waals surface area contributed by atoms with Crippen LogP contribution in [0.15, 0.2) is 27.4 Å². The Morgan fingerprint density at radius 3 is 3.00 bits per heavy atom. The SMILES string of the molecule is CCc1nsc(Sc2cc(Cl)ccc2C=O)n1. The maximum absolute atomic E-state index is 10.9. The minimum Gasteiger partial charge on any atom is -0.298 e. The second-order valence-electron chi connectivity index (χ2n) is 3.23. The Morgan fingerprint density at radius 1 is 1.53 bits per heavy atom. The predicted molar refractivity (Wildman–Crippen MR) is 70.2 cm³/mol. The molecule has 0 bridgehead atoms. The fourth-order valence-electron chi connectivity index (χ4n) is 1.21. The number of halogens is 1. The monoisotopic (exact) mass is 284 g/mol. The molecule has 88 valence electrons. The van der Waals surface area contributed by atoms with Gasteiger partial charge in [0.15, 0.2) is 10.6 Å². The summed E-state index contributed by atoms with van der Waals surface area (Å²) >= 11 is 8.67. The van der Waals surface area contributed by atoms with Crippen molar-refractivity contribution in [1.82, 2.24) is 9.36 Å². The van der Waals surface area contributed by atoms with Crippen LogP contribution < -0.4 is 0 Å². The topological polar surface area (TPSA) is 42.9 Å². The highest BCUT2D eigenvalue weighted by Gasteiger charge is 2.09. The summed E-state index contributed by atoms with van der Waals surface area (Å²) in [6.07, 6.45) is 1.63. The summed E-state index contributed by atoms with van der Waals surface area (Å²) in [6, 6.07) is 5.18. The Bertz CT molecular complexity index is 542. The van der Waals surface area contributed by atoms with Gasteiger partial charge in [0.2, 0.25) is 0 Å². The van der Waals surface area contributed by atoms with Gasteiger partial charge < -0.3 is 0 Å². The van der Waals surface area contributed by atoms with E-state index in [-0.39, 0.29) is 0 Å². The molecule has 1 aromatic heterocycles. The first-order valence-corrected chi connectivity index (χ1v) is 6.95. The highest BCUT2D eigenvalue weighted by atomic mass is 35.5. The van der Waals surface area contributed by atoms with Gasteiger partial charge in [-0.25, -0.2) is 4.98 Å². The van der Waals surface area contributed by atoms with Gasteiger partial charge in [0.1, 0.15) is 5.82 Å². The second-order valence-corrected chi connectivity index (χ2v) is 5.71. The molecule has 0 aliphatic rings. The van der Waals surface area contributed by atoms with E-state index in [1.807, 2.05) is 6.92 Å². The Labute approximate surface area is 112 Å². The maximum atomic E-state index is 10.9. The molecule has 0 spiro atoms. The number of hydrogen-bond acceptors (Lipinski definition) is 5. The summed E-state index contributed by atoms with van der Waals surface area (Å²) in [5.74, 6) is 0.826. The first-order chi connectivity index (χ1) is 8.22. The molecular weight excluding hydrogens is 276 g/mol. The molecule has 0 saturated carbocycles. The first-order valence-electron chi connectivity index (χ1n) is 4.98. The van der Waals surface area contributed by atoms with Crippen molar-refractivity contribution < 1.29 is 4.79 Å². The maximum Gasteiger partial charge on any atom is 0.174 e. The van der Waals surface area contributed by atoms with E-state index in [1.54, 1.807) is 18.2 Å². The minimum atomic E-state index is 0.610. The molecule has 0 aliphatic carbocycles. The average molecular weight is 285 g/mol. The molecule has 0 radical (unpaired) electrons. The van der Waals surface area contributed by atoms with E-state index in [0.717, 1.165) is 27.8 Å². The van der Waals surface area contributed by atoms with Gasteiger partial charge in [0.25, 0.3) is 0 Å². The lowest BCUT2D eigenvalue weighted by molar-refractivity contribution is 0.112. The smallest absolute Gasteiger partial charge is 0.174 e. The van der Waals surface area contributed by atoms with Crippen molar-refractivity contribution >= 4 is 41.2 Å². The molecule has 2 rings (SSSR count). The van der Waals surface area contributed by atoms with E-state index < -0.39 is 0 Å². The number of carbonyl (C=O) groups is 1. The van der Waals surface area contributed by atoms with Crippen molar-refractivity contribution in [3.05, 3.63) is 34.6 Å². The molecule has 0 atom stereocenters. The summed E-state index contributed by atoms with van der Waals surface area (Å²) in [7, 11) is 0. The quantitative estimate of drug-likeness (QED) is 0.803. The first kappa shape index (κ1) is 12.5. The van der Waals surface area contributed by atoms with Gasteiger partial charge in [-0.2, -0.15) is 4.37 Å². The van der Waals surface area contributed by atoms with Crippen LogP contribution in [0.25, 0.3) is 0 Å². The largest absolute Gasteiger partial charge is 0.298 e. The van der Waals surface area contributed by atoms with Crippen LogP contribution in [0, 0.1) is 0 Å². The van der Waals surface area contributed by atoms with Crippen molar-refractivity contribution in [3.8, 4) is 0 Å². The van der Waals surface area contributed by atoms with Crippen molar-refractivity contribution in [2.24, 2.45) is 0 Å². The van der Waals surface area contributed by atoms with Gasteiger partial charge in [-0.05, 0) is 29.7 Å². The van der Waals surface area contributed by atoms with Crippen LogP contribution in [-0.2, 0) is 6.42 Å². The molecule has 0 saturated heterocycles. The van der Waals surface area contributed by atoms with Gasteiger partial charge in [0.05, 0.1) is 0 Å². The number of hydrogen-bond donors (Lipinski definition) is 0. The molecule has 1 aromatic carbocycles. The Kier molecular flexibility index (Phi) is 4.15. The Morgan fingerprint density at radius 2 is 2.35 bits per heavy atom. The highest BCUT2D eigenvalue weighted by molar-refractivity contribution is 8.01. The molecule has 17 heavy (non-hydrogen) atoms. The number of aromatic nitrogens is 2. The number of aldehydes is 1. The summed E-state index contributed by atoms with van der Waals surface area (Å²) in [5, 5.41) is 0.610. The fraction of sp³-hybridized carbons (Fsp3) is 0.182. The zero-order valence-electron chi connectivity index (χ0n) is 9.01. The van der Waals surface area contributed by atoms with Crippen LogP contribution in [0.3, 0.4) is 0 Å². The molecule has 0 N–H and O–H groups in total. The van der Waals surface area contributed by atoms with Crippen LogP contribution in [-0.4, -0.2) is 15.6 Å². The van der Waals surface area contributed by atoms with E-state index in [4.69, 9.17) is 11.6 Å². The summed E-state index contributed by atoms with van der Waals surface area (Å²) in [6.45, 7) is 2.01. The number of nitrogens with zero attached hydrogens (tertiary/aromatic N) is 2. The van der Waals surface area contributed by atoms with Gasteiger partial charge in [0, 0.05) is 21.9 Å². The van der Waals surface area contributed by atoms with E-state index in [9.17, 15) is 4.79 Å². The van der Waals surface area contributed by atoms with E-state index >= 15 is 0 Å². The molecule has 1 heterocycles. The van der Waals surface area contributed by atoms with E-state index in [0.29, 0.717) is 10.6 Å². The lowest BCUT2D eigenvalue weighted by atomic mass is 10.2. The fourth-order valence-corrected chi connectivity index (χ4v) is 3.24. The molecule has 0 amide bonds. The van der Waals surface area contributed by atoms with E-state index in [2.05, 4.69) is 9.36 Å².